The molecular weight excluding hydrogens is 406 g/mol. The van der Waals surface area contributed by atoms with Crippen LogP contribution in [0.15, 0.2) is 76.1 Å². The summed E-state index contributed by atoms with van der Waals surface area (Å²) in [6, 6.07) is 18.5. The Balaban J connectivity index is 1.22. The Morgan fingerprint density at radius 2 is 1.81 bits per heavy atom. The van der Waals surface area contributed by atoms with Crippen molar-refractivity contribution in [2.75, 3.05) is 26.2 Å². The van der Waals surface area contributed by atoms with E-state index in [0.29, 0.717) is 4.91 Å². The Kier molecular flexibility index (Phi) is 5.66. The standard InChI is InChI=1S/C25H25N3O2S/c1-18-21(15-20-9-5-6-10-22(20)30-18)16-23-24(29)26-25(31-23)28-13-11-27(12-14-28)17-19-7-3-2-4-8-19/h2-10,15-16,18H,11-14,17H2,1H3/b23-16+. The number of carbonyl (C=O) groups is 1. The first-order valence-electron chi connectivity index (χ1n) is 10.7. The molecule has 3 heterocycles. The van der Waals surface area contributed by atoms with Crippen LogP contribution in [0.2, 0.25) is 0 Å². The van der Waals surface area contributed by atoms with Crippen LogP contribution >= 0.6 is 11.8 Å². The molecule has 0 saturated carbocycles. The average molecular weight is 432 g/mol. The smallest absolute Gasteiger partial charge is 0.286 e. The minimum Gasteiger partial charge on any atom is -0.485 e. The van der Waals surface area contributed by atoms with E-state index in [4.69, 9.17) is 4.74 Å². The van der Waals surface area contributed by atoms with Gasteiger partial charge in [0.2, 0.25) is 0 Å². The van der Waals surface area contributed by atoms with Crippen LogP contribution in [0, 0.1) is 0 Å². The highest BCUT2D eigenvalue weighted by Gasteiger charge is 2.29. The van der Waals surface area contributed by atoms with E-state index >= 15 is 0 Å². The van der Waals surface area contributed by atoms with Gasteiger partial charge in [0, 0.05) is 38.3 Å². The van der Waals surface area contributed by atoms with Crippen LogP contribution in [0.1, 0.15) is 18.1 Å². The minimum atomic E-state index is -0.154. The molecule has 5 nitrogen and oxygen atoms in total. The van der Waals surface area contributed by atoms with Gasteiger partial charge in [0.15, 0.2) is 5.17 Å². The molecule has 31 heavy (non-hydrogen) atoms. The maximum Gasteiger partial charge on any atom is 0.286 e. The molecule has 2 aromatic carbocycles. The average Bonchev–Trinajstić information content (AvgIpc) is 3.16. The van der Waals surface area contributed by atoms with Crippen LogP contribution in [-0.4, -0.2) is 53.2 Å². The van der Waals surface area contributed by atoms with Crippen molar-refractivity contribution in [1.82, 2.24) is 9.80 Å². The first-order chi connectivity index (χ1) is 15.2. The van der Waals surface area contributed by atoms with Gasteiger partial charge < -0.3 is 9.64 Å². The summed E-state index contributed by atoms with van der Waals surface area (Å²) in [5, 5.41) is 0.820. The summed E-state index contributed by atoms with van der Waals surface area (Å²) in [6.45, 7) is 6.68. The molecular formula is C25H25N3O2S. The van der Waals surface area contributed by atoms with Gasteiger partial charge in [-0.3, -0.25) is 9.69 Å². The van der Waals surface area contributed by atoms with Crippen molar-refractivity contribution in [1.29, 1.82) is 0 Å². The molecule has 1 amide bonds. The third-order valence-corrected chi connectivity index (χ3v) is 6.86. The molecule has 0 bridgehead atoms. The van der Waals surface area contributed by atoms with E-state index in [1.807, 2.05) is 43.3 Å². The van der Waals surface area contributed by atoms with Gasteiger partial charge >= 0.3 is 0 Å². The Morgan fingerprint density at radius 1 is 1.06 bits per heavy atom. The third-order valence-electron chi connectivity index (χ3n) is 5.81. The van der Waals surface area contributed by atoms with Crippen LogP contribution in [-0.2, 0) is 11.3 Å². The number of amidine groups is 1. The summed E-state index contributed by atoms with van der Waals surface area (Å²) in [5.41, 5.74) is 3.37. The van der Waals surface area contributed by atoms with Crippen LogP contribution in [0.25, 0.3) is 6.08 Å². The molecule has 0 aromatic heterocycles. The third kappa shape index (κ3) is 4.45. The predicted molar refractivity (Wildman–Crippen MR) is 126 cm³/mol. The van der Waals surface area contributed by atoms with Gasteiger partial charge in [0.1, 0.15) is 11.9 Å². The lowest BCUT2D eigenvalue weighted by atomic mass is 10.0. The molecule has 0 N–H and O–H groups in total. The molecule has 5 rings (SSSR count). The second kappa shape index (κ2) is 8.73. The molecule has 1 atom stereocenters. The molecule has 1 saturated heterocycles. The quantitative estimate of drug-likeness (QED) is 0.682. The number of carbonyl (C=O) groups excluding carboxylic acids is 1. The van der Waals surface area contributed by atoms with Crippen molar-refractivity contribution in [3.63, 3.8) is 0 Å². The molecule has 0 radical (unpaired) electrons. The predicted octanol–water partition coefficient (Wildman–Crippen LogP) is 4.18. The maximum absolute atomic E-state index is 12.6. The lowest BCUT2D eigenvalue weighted by Gasteiger charge is -2.35. The van der Waals surface area contributed by atoms with Gasteiger partial charge in [-0.25, -0.2) is 0 Å². The molecule has 3 aliphatic heterocycles. The molecule has 1 unspecified atom stereocenters. The van der Waals surface area contributed by atoms with Gasteiger partial charge in [-0.15, -0.1) is 0 Å². The van der Waals surface area contributed by atoms with Crippen molar-refractivity contribution in [2.45, 2.75) is 19.6 Å². The fraction of sp³-hybridized carbons (Fsp3) is 0.280. The zero-order chi connectivity index (χ0) is 21.2. The number of amides is 1. The molecule has 6 heteroatoms. The minimum absolute atomic E-state index is 0.0959. The maximum atomic E-state index is 12.6. The van der Waals surface area contributed by atoms with E-state index < -0.39 is 0 Å². The number of fused-ring (bicyclic) bond motifs is 1. The van der Waals surface area contributed by atoms with Crippen LogP contribution in [0.4, 0.5) is 0 Å². The molecule has 2 aromatic rings. The van der Waals surface area contributed by atoms with Crippen LogP contribution in [0.3, 0.4) is 0 Å². The number of thioether (sulfide) groups is 1. The first-order valence-corrected chi connectivity index (χ1v) is 11.5. The second-order valence-electron chi connectivity index (χ2n) is 8.00. The van der Waals surface area contributed by atoms with Crippen LogP contribution in [0.5, 0.6) is 5.75 Å². The summed E-state index contributed by atoms with van der Waals surface area (Å²) in [7, 11) is 0. The lowest BCUT2D eigenvalue weighted by Crippen LogP contribution is -2.47. The van der Waals surface area contributed by atoms with E-state index in [0.717, 1.165) is 54.8 Å². The Hall–Kier alpha value is -2.83. The first kappa shape index (κ1) is 20.1. The summed E-state index contributed by atoms with van der Waals surface area (Å²) in [4.78, 5) is 22.3. The number of nitrogens with zero attached hydrogens (tertiary/aromatic N) is 3. The van der Waals surface area contributed by atoms with Gasteiger partial charge in [-0.05, 0) is 48.0 Å². The van der Waals surface area contributed by atoms with Gasteiger partial charge in [0.05, 0.1) is 4.91 Å². The summed E-state index contributed by atoms with van der Waals surface area (Å²) >= 11 is 1.48. The fourth-order valence-electron chi connectivity index (χ4n) is 4.05. The fourth-order valence-corrected chi connectivity index (χ4v) is 5.01. The van der Waals surface area contributed by atoms with Gasteiger partial charge in [0.25, 0.3) is 5.91 Å². The number of ether oxygens (including phenoxy) is 1. The summed E-state index contributed by atoms with van der Waals surface area (Å²) in [5.74, 6) is 0.728. The lowest BCUT2D eigenvalue weighted by molar-refractivity contribution is -0.113. The zero-order valence-corrected chi connectivity index (χ0v) is 18.3. The largest absolute Gasteiger partial charge is 0.485 e. The van der Waals surface area contributed by atoms with E-state index in [1.54, 1.807) is 0 Å². The van der Waals surface area contributed by atoms with E-state index in [9.17, 15) is 4.79 Å². The van der Waals surface area contributed by atoms with Gasteiger partial charge in [-0.1, -0.05) is 48.5 Å². The van der Waals surface area contributed by atoms with E-state index in [2.05, 4.69) is 45.1 Å². The van der Waals surface area contributed by atoms with Crippen molar-refractivity contribution in [3.05, 3.63) is 82.3 Å². The van der Waals surface area contributed by atoms with Gasteiger partial charge in [-0.2, -0.15) is 4.99 Å². The molecule has 1 fully saturated rings. The highest BCUT2D eigenvalue weighted by molar-refractivity contribution is 8.18. The van der Waals surface area contributed by atoms with E-state index in [1.165, 1.54) is 17.3 Å². The summed E-state index contributed by atoms with van der Waals surface area (Å²) < 4.78 is 6.01. The Morgan fingerprint density at radius 3 is 2.61 bits per heavy atom. The highest BCUT2D eigenvalue weighted by atomic mass is 32.2. The Labute approximate surface area is 187 Å². The highest BCUT2D eigenvalue weighted by Crippen LogP contribution is 2.34. The number of para-hydroxylation sites is 1. The van der Waals surface area contributed by atoms with Crippen molar-refractivity contribution >= 4 is 28.9 Å². The molecule has 158 valence electrons. The topological polar surface area (TPSA) is 45.1 Å². The normalized spacial score (nSPS) is 22.7. The Bertz CT molecular complexity index is 1070. The molecule has 3 aliphatic rings. The number of piperazine rings is 1. The zero-order valence-electron chi connectivity index (χ0n) is 17.5. The van der Waals surface area contributed by atoms with Crippen molar-refractivity contribution in [3.8, 4) is 5.75 Å². The molecule has 0 aliphatic carbocycles. The molecule has 0 spiro atoms. The summed E-state index contributed by atoms with van der Waals surface area (Å²) in [6.07, 6.45) is 3.95. The SMILES string of the molecule is CC1Oc2ccccc2C=C1/C=C1/SC(N2CCN(Cc3ccccc3)CC2)=NC1=O. The monoisotopic (exact) mass is 431 g/mol. The van der Waals surface area contributed by atoms with Crippen molar-refractivity contribution < 1.29 is 9.53 Å². The number of hydrogen-bond acceptors (Lipinski definition) is 5. The number of aliphatic imine (C=N–C) groups is 1. The number of benzene rings is 2. The number of hydrogen-bond donors (Lipinski definition) is 0. The van der Waals surface area contributed by atoms with Crippen molar-refractivity contribution in [2.24, 2.45) is 4.99 Å². The second-order valence-corrected chi connectivity index (χ2v) is 9.01. The van der Waals surface area contributed by atoms with Crippen LogP contribution < -0.4 is 4.74 Å². The number of rotatable bonds is 3. The van der Waals surface area contributed by atoms with E-state index in [-0.39, 0.29) is 12.0 Å².